The van der Waals surface area contributed by atoms with Crippen LogP contribution in [0.25, 0.3) is 0 Å². The van der Waals surface area contributed by atoms with Gasteiger partial charge in [0.2, 0.25) is 0 Å². The van der Waals surface area contributed by atoms with Crippen molar-refractivity contribution < 1.29 is 5.11 Å². The van der Waals surface area contributed by atoms with Crippen LogP contribution in [0.1, 0.15) is 6.42 Å². The maximum absolute atomic E-state index is 9.26. The molecule has 0 amide bonds. The molecule has 1 aromatic rings. The van der Waals surface area contributed by atoms with E-state index in [9.17, 15) is 5.11 Å². The number of aromatic hydroxyl groups is 1. The number of nitrogens with zero attached hydrogens (tertiary/aromatic N) is 3. The summed E-state index contributed by atoms with van der Waals surface area (Å²) in [7, 11) is 0. The van der Waals surface area contributed by atoms with Crippen molar-refractivity contribution >= 4 is 5.82 Å². The quantitative estimate of drug-likeness (QED) is 0.621. The van der Waals surface area contributed by atoms with E-state index < -0.39 is 0 Å². The zero-order chi connectivity index (χ0) is 7.68. The van der Waals surface area contributed by atoms with Crippen molar-refractivity contribution in [2.75, 3.05) is 18.0 Å². The van der Waals surface area contributed by atoms with Crippen molar-refractivity contribution in [1.29, 1.82) is 0 Å². The summed E-state index contributed by atoms with van der Waals surface area (Å²) < 4.78 is 0. The largest absolute Gasteiger partial charge is 0.503 e. The highest BCUT2D eigenvalue weighted by Gasteiger charge is 2.18. The number of rotatable bonds is 1. The highest BCUT2D eigenvalue weighted by atomic mass is 16.3. The Kier molecular flexibility index (Phi) is 1.38. The third-order valence-electron chi connectivity index (χ3n) is 1.79. The fraction of sp³-hybridized carbons (Fsp3) is 0.429. The summed E-state index contributed by atoms with van der Waals surface area (Å²) in [6, 6.07) is 0. The highest BCUT2D eigenvalue weighted by Crippen LogP contribution is 2.25. The third-order valence-corrected chi connectivity index (χ3v) is 1.79. The number of hydrogen-bond donors (Lipinski definition) is 1. The maximum Gasteiger partial charge on any atom is 0.200 e. The molecule has 0 unspecified atom stereocenters. The maximum atomic E-state index is 9.26. The van der Waals surface area contributed by atoms with Gasteiger partial charge >= 0.3 is 0 Å². The van der Waals surface area contributed by atoms with E-state index in [4.69, 9.17) is 0 Å². The van der Waals surface area contributed by atoms with E-state index in [2.05, 4.69) is 16.3 Å². The lowest BCUT2D eigenvalue weighted by Gasteiger charge is -2.31. The molecular formula is C7H8N3O. The van der Waals surface area contributed by atoms with E-state index in [1.165, 1.54) is 12.6 Å². The molecule has 0 spiro atoms. The number of anilines is 1. The van der Waals surface area contributed by atoms with Crippen LogP contribution in [0.3, 0.4) is 0 Å². The second-order valence-corrected chi connectivity index (χ2v) is 2.52. The summed E-state index contributed by atoms with van der Waals surface area (Å²) in [6.07, 6.45) is 4.98. The van der Waals surface area contributed by atoms with Gasteiger partial charge in [0, 0.05) is 13.1 Å². The van der Waals surface area contributed by atoms with Gasteiger partial charge < -0.3 is 10.0 Å². The van der Waals surface area contributed by atoms with Gasteiger partial charge in [-0.2, -0.15) is 0 Å². The molecule has 2 heterocycles. The van der Waals surface area contributed by atoms with Crippen molar-refractivity contribution in [3.63, 3.8) is 0 Å². The molecule has 0 aliphatic carbocycles. The van der Waals surface area contributed by atoms with Gasteiger partial charge in [-0.05, 0) is 6.42 Å². The average molecular weight is 150 g/mol. The Balaban J connectivity index is 2.28. The zero-order valence-corrected chi connectivity index (χ0v) is 5.99. The van der Waals surface area contributed by atoms with E-state index in [-0.39, 0.29) is 5.75 Å². The van der Waals surface area contributed by atoms with Gasteiger partial charge in [0.25, 0.3) is 0 Å². The van der Waals surface area contributed by atoms with E-state index in [0.717, 1.165) is 13.1 Å². The first-order valence-electron chi connectivity index (χ1n) is 3.55. The monoisotopic (exact) mass is 150 g/mol. The molecule has 4 heteroatoms. The first-order valence-corrected chi connectivity index (χ1v) is 3.55. The van der Waals surface area contributed by atoms with Crippen LogP contribution < -0.4 is 4.90 Å². The normalized spacial score (nSPS) is 16.2. The predicted molar refractivity (Wildman–Crippen MR) is 39.4 cm³/mol. The molecule has 1 radical (unpaired) electrons. The summed E-state index contributed by atoms with van der Waals surface area (Å²) in [5, 5.41) is 9.26. The molecule has 11 heavy (non-hydrogen) atoms. The molecule has 0 saturated carbocycles. The fourth-order valence-electron chi connectivity index (χ4n) is 1.04. The molecule has 1 aromatic heterocycles. The minimum Gasteiger partial charge on any atom is -0.503 e. The molecule has 0 aromatic carbocycles. The Morgan fingerprint density at radius 1 is 1.55 bits per heavy atom. The standard InChI is InChI=1S/C7H8N3O/c11-6-4-8-5-9-7(6)10-2-1-3-10/h4,11H,1-3H2. The smallest absolute Gasteiger partial charge is 0.200 e. The SMILES string of the molecule is Oc1cn[c]nc1N1CCC1. The van der Waals surface area contributed by atoms with Gasteiger partial charge in [-0.25, -0.2) is 9.97 Å². The number of aromatic nitrogens is 2. The lowest BCUT2D eigenvalue weighted by Crippen LogP contribution is -2.37. The van der Waals surface area contributed by atoms with Crippen LogP contribution in [-0.4, -0.2) is 28.2 Å². The first kappa shape index (κ1) is 6.39. The first-order chi connectivity index (χ1) is 5.38. The van der Waals surface area contributed by atoms with Crippen molar-refractivity contribution in [1.82, 2.24) is 9.97 Å². The van der Waals surface area contributed by atoms with Crippen molar-refractivity contribution in [3.8, 4) is 5.75 Å². The van der Waals surface area contributed by atoms with E-state index in [0.29, 0.717) is 5.82 Å². The Labute approximate surface area is 64.5 Å². The molecule has 4 nitrogen and oxygen atoms in total. The third kappa shape index (κ3) is 1.00. The molecule has 1 N–H and O–H groups in total. The lowest BCUT2D eigenvalue weighted by molar-refractivity contribution is 0.461. The predicted octanol–water partition coefficient (Wildman–Crippen LogP) is 0.192. The van der Waals surface area contributed by atoms with Gasteiger partial charge in [-0.3, -0.25) is 0 Å². The van der Waals surface area contributed by atoms with E-state index in [1.807, 2.05) is 4.90 Å². The number of hydrogen-bond acceptors (Lipinski definition) is 4. The summed E-state index contributed by atoms with van der Waals surface area (Å²) in [5.41, 5.74) is 0. The average Bonchev–Trinajstić information content (AvgIpc) is 1.90. The Morgan fingerprint density at radius 2 is 2.36 bits per heavy atom. The van der Waals surface area contributed by atoms with Crippen LogP contribution in [0, 0.1) is 6.33 Å². The molecule has 1 aliphatic rings. The summed E-state index contributed by atoms with van der Waals surface area (Å²) in [4.78, 5) is 9.41. The summed E-state index contributed by atoms with van der Waals surface area (Å²) >= 11 is 0. The van der Waals surface area contributed by atoms with Crippen LogP contribution in [0.5, 0.6) is 5.75 Å². The Bertz CT molecular complexity index is 260. The van der Waals surface area contributed by atoms with Crippen LogP contribution in [-0.2, 0) is 0 Å². The van der Waals surface area contributed by atoms with Crippen LogP contribution >= 0.6 is 0 Å². The summed E-state index contributed by atoms with van der Waals surface area (Å²) in [6.45, 7) is 1.94. The molecule has 0 bridgehead atoms. The summed E-state index contributed by atoms with van der Waals surface area (Å²) in [5.74, 6) is 0.745. The minimum absolute atomic E-state index is 0.142. The van der Waals surface area contributed by atoms with Gasteiger partial charge in [-0.15, -0.1) is 0 Å². The van der Waals surface area contributed by atoms with Crippen molar-refractivity contribution in [3.05, 3.63) is 12.5 Å². The minimum atomic E-state index is 0.142. The van der Waals surface area contributed by atoms with Crippen molar-refractivity contribution in [2.45, 2.75) is 6.42 Å². The highest BCUT2D eigenvalue weighted by molar-refractivity contribution is 5.50. The topological polar surface area (TPSA) is 49.3 Å². The van der Waals surface area contributed by atoms with E-state index >= 15 is 0 Å². The Morgan fingerprint density at radius 3 is 2.91 bits per heavy atom. The van der Waals surface area contributed by atoms with Gasteiger partial charge in [0.1, 0.15) is 0 Å². The molecule has 57 valence electrons. The molecule has 1 saturated heterocycles. The molecular weight excluding hydrogens is 142 g/mol. The van der Waals surface area contributed by atoms with Crippen LogP contribution in [0.2, 0.25) is 0 Å². The van der Waals surface area contributed by atoms with Gasteiger partial charge in [-0.1, -0.05) is 0 Å². The van der Waals surface area contributed by atoms with Crippen molar-refractivity contribution in [2.24, 2.45) is 0 Å². The lowest BCUT2D eigenvalue weighted by atomic mass is 10.2. The second kappa shape index (κ2) is 2.38. The Hall–Kier alpha value is -1.32. The zero-order valence-electron chi connectivity index (χ0n) is 5.99. The second-order valence-electron chi connectivity index (χ2n) is 2.52. The van der Waals surface area contributed by atoms with E-state index in [1.54, 1.807) is 0 Å². The molecule has 0 atom stereocenters. The molecule has 1 fully saturated rings. The van der Waals surface area contributed by atoms with Gasteiger partial charge in [0.05, 0.1) is 6.20 Å². The molecule has 1 aliphatic heterocycles. The van der Waals surface area contributed by atoms with Crippen LogP contribution in [0.15, 0.2) is 6.20 Å². The van der Waals surface area contributed by atoms with Crippen LogP contribution in [0.4, 0.5) is 5.82 Å². The fourth-order valence-corrected chi connectivity index (χ4v) is 1.04. The molecule has 2 rings (SSSR count). The van der Waals surface area contributed by atoms with Gasteiger partial charge in [0.15, 0.2) is 17.9 Å².